The van der Waals surface area contributed by atoms with Crippen LogP contribution in [-0.4, -0.2) is 112 Å². The Hall–Kier alpha value is -4.46. The summed E-state index contributed by atoms with van der Waals surface area (Å²) in [5, 5.41) is 15.8. The number of pyridine rings is 1. The molecular formula is C38H41F2N7O4. The second-order valence-electron chi connectivity index (χ2n) is 15.1. The molecule has 4 saturated heterocycles. The van der Waals surface area contributed by atoms with Gasteiger partial charge in [0.15, 0.2) is 5.82 Å². The zero-order chi connectivity index (χ0) is 35.1. The van der Waals surface area contributed by atoms with Crippen LogP contribution in [0.3, 0.4) is 0 Å². The van der Waals surface area contributed by atoms with Gasteiger partial charge in [-0.2, -0.15) is 9.97 Å². The highest BCUT2D eigenvalue weighted by molar-refractivity contribution is 6.04. The molecule has 11 nitrogen and oxygen atoms in total. The number of likely N-dealkylation sites (N-methyl/N-ethyl adjacent to an activating group) is 1. The van der Waals surface area contributed by atoms with Gasteiger partial charge in [0.2, 0.25) is 5.91 Å². The molecule has 4 aromatic rings. The summed E-state index contributed by atoms with van der Waals surface area (Å²) in [4.78, 5) is 33.9. The first-order valence-electron chi connectivity index (χ1n) is 17.8. The fourth-order valence-corrected chi connectivity index (χ4v) is 9.50. The number of ether oxygens (including phenoxy) is 2. The number of rotatable bonds is 2. The second kappa shape index (κ2) is 12.1. The quantitative estimate of drug-likeness (QED) is 0.307. The summed E-state index contributed by atoms with van der Waals surface area (Å²) in [5.41, 5.74) is -0.323. The van der Waals surface area contributed by atoms with E-state index < -0.39 is 11.6 Å². The number of aromatic nitrogens is 3. The molecule has 2 aromatic carbocycles. The maximum atomic E-state index is 17.1. The first kappa shape index (κ1) is 32.4. The van der Waals surface area contributed by atoms with Crippen LogP contribution in [-0.2, 0) is 9.53 Å². The van der Waals surface area contributed by atoms with Gasteiger partial charge in [-0.1, -0.05) is 18.7 Å². The maximum Gasteiger partial charge on any atom is 0.319 e. The Morgan fingerprint density at radius 3 is 2.90 bits per heavy atom. The Morgan fingerprint density at radius 1 is 1.16 bits per heavy atom. The summed E-state index contributed by atoms with van der Waals surface area (Å²) in [6.07, 6.45) is 7.75. The fraction of sp³-hybridized carbons (Fsp3) is 0.474. The second-order valence-corrected chi connectivity index (χ2v) is 15.1. The van der Waals surface area contributed by atoms with Crippen molar-refractivity contribution in [3.05, 3.63) is 54.2 Å². The number of anilines is 1. The number of benzene rings is 2. The van der Waals surface area contributed by atoms with E-state index in [1.54, 1.807) is 11.1 Å². The monoisotopic (exact) mass is 697 g/mol. The number of hydrogen-bond donors (Lipinski definition) is 2. The van der Waals surface area contributed by atoms with Gasteiger partial charge < -0.3 is 29.7 Å². The van der Waals surface area contributed by atoms with Crippen molar-refractivity contribution in [2.75, 3.05) is 57.9 Å². The minimum absolute atomic E-state index is 0.0200. The molecule has 4 fully saturated rings. The normalized spacial score (nSPS) is 28.3. The third kappa shape index (κ3) is 5.39. The van der Waals surface area contributed by atoms with Gasteiger partial charge in [0.1, 0.15) is 35.2 Å². The van der Waals surface area contributed by atoms with Crippen LogP contribution in [0.5, 0.6) is 11.8 Å². The van der Waals surface area contributed by atoms with Gasteiger partial charge in [-0.15, -0.1) is 0 Å². The molecule has 2 N–H and O–H groups in total. The lowest BCUT2D eigenvalue weighted by atomic mass is 9.94. The third-order valence-corrected chi connectivity index (χ3v) is 11.8. The highest BCUT2D eigenvalue weighted by Gasteiger charge is 2.50. The van der Waals surface area contributed by atoms with E-state index >= 15 is 8.78 Å². The van der Waals surface area contributed by atoms with Gasteiger partial charge in [0.25, 0.3) is 0 Å². The van der Waals surface area contributed by atoms with Crippen LogP contribution in [0.15, 0.2) is 37.0 Å². The Balaban J connectivity index is 1.20. The predicted octanol–water partition coefficient (Wildman–Crippen LogP) is 4.65. The molecule has 266 valence electrons. The van der Waals surface area contributed by atoms with E-state index in [0.29, 0.717) is 61.2 Å². The van der Waals surface area contributed by atoms with Gasteiger partial charge in [-0.25, -0.2) is 8.78 Å². The summed E-state index contributed by atoms with van der Waals surface area (Å²) in [6.45, 7) is 7.82. The molecule has 7 heterocycles. The van der Waals surface area contributed by atoms with Crippen molar-refractivity contribution in [3.63, 3.8) is 0 Å². The Bertz CT molecular complexity index is 2100. The summed E-state index contributed by atoms with van der Waals surface area (Å²) >= 11 is 0. The lowest BCUT2D eigenvalue weighted by Gasteiger charge is -2.44. The largest absolute Gasteiger partial charge is 0.508 e. The molecule has 2 aromatic heterocycles. The minimum Gasteiger partial charge on any atom is -0.508 e. The molecule has 2 spiro atoms. The van der Waals surface area contributed by atoms with Gasteiger partial charge in [0, 0.05) is 62.0 Å². The smallest absolute Gasteiger partial charge is 0.319 e. The van der Waals surface area contributed by atoms with Crippen molar-refractivity contribution >= 4 is 39.5 Å². The standard InChI is InChI=1S/C38H41F2N7O4/c1-3-26-29(39)6-5-22-13-24(48)14-27(31(22)26)33-32(40)34-28(16-41-33)35-43-36(42-34)51-21-38-9-4-11-47(38)18-25(15-38)50-12-8-30(49)45(2)19-37-10-7-23(44-37)17-46(35)20-37/h3,5-6,13-14,16,23,25,44,48H,1,4,7-12,15,17-21H2,2H3/t23-,25+,37-,38+/m0/s1. The summed E-state index contributed by atoms with van der Waals surface area (Å²) < 4.78 is 44.9. The number of phenolic OH excluding ortho intramolecular Hbond substituents is 1. The number of fused-ring (bicyclic) bond motifs is 9. The topological polar surface area (TPSA) is 116 Å². The maximum absolute atomic E-state index is 17.1. The number of hydrogen-bond acceptors (Lipinski definition) is 10. The lowest BCUT2D eigenvalue weighted by molar-refractivity contribution is -0.132. The number of phenols is 1. The molecule has 51 heavy (non-hydrogen) atoms. The van der Waals surface area contributed by atoms with Crippen molar-refractivity contribution in [1.82, 2.24) is 30.1 Å². The number of carbonyl (C=O) groups excluding carboxylic acids is 1. The van der Waals surface area contributed by atoms with Crippen LogP contribution >= 0.6 is 0 Å². The van der Waals surface area contributed by atoms with Gasteiger partial charge in [-0.05, 0) is 62.2 Å². The van der Waals surface area contributed by atoms with Crippen molar-refractivity contribution < 1.29 is 28.2 Å². The number of aromatic hydroxyl groups is 1. The van der Waals surface area contributed by atoms with Crippen molar-refractivity contribution in [1.29, 1.82) is 0 Å². The van der Waals surface area contributed by atoms with Crippen LogP contribution in [0.2, 0.25) is 0 Å². The predicted molar refractivity (Wildman–Crippen MR) is 189 cm³/mol. The van der Waals surface area contributed by atoms with Crippen LogP contribution < -0.4 is 15.0 Å². The molecular weight excluding hydrogens is 656 g/mol. The van der Waals surface area contributed by atoms with Crippen LogP contribution in [0.4, 0.5) is 14.6 Å². The van der Waals surface area contributed by atoms with E-state index in [0.717, 1.165) is 45.2 Å². The van der Waals surface area contributed by atoms with Crippen molar-refractivity contribution in [2.24, 2.45) is 0 Å². The number of carbonyl (C=O) groups is 1. The molecule has 0 aliphatic carbocycles. The molecule has 5 aliphatic rings. The highest BCUT2D eigenvalue weighted by atomic mass is 19.1. The zero-order valence-corrected chi connectivity index (χ0v) is 28.6. The Labute approximate surface area is 294 Å². The van der Waals surface area contributed by atoms with Crippen molar-refractivity contribution in [2.45, 2.75) is 61.7 Å². The first-order valence-corrected chi connectivity index (χ1v) is 17.8. The summed E-state index contributed by atoms with van der Waals surface area (Å²) in [6, 6.07) is 5.93. The fourth-order valence-electron chi connectivity index (χ4n) is 9.50. The van der Waals surface area contributed by atoms with E-state index in [4.69, 9.17) is 19.4 Å². The Morgan fingerprint density at radius 2 is 2.04 bits per heavy atom. The van der Waals surface area contributed by atoms with Gasteiger partial charge >= 0.3 is 6.01 Å². The number of nitrogens with one attached hydrogen (secondary N) is 1. The average Bonchev–Trinajstić information content (AvgIpc) is 3.76. The van der Waals surface area contributed by atoms with E-state index in [1.807, 2.05) is 7.05 Å². The average molecular weight is 698 g/mol. The molecule has 4 atom stereocenters. The molecule has 9 rings (SSSR count). The Kier molecular flexibility index (Phi) is 7.67. The lowest BCUT2D eigenvalue weighted by Crippen LogP contribution is -2.64. The van der Waals surface area contributed by atoms with Crippen LogP contribution in [0.1, 0.15) is 44.1 Å². The molecule has 0 saturated carbocycles. The van der Waals surface area contributed by atoms with Crippen LogP contribution in [0, 0.1) is 11.6 Å². The summed E-state index contributed by atoms with van der Waals surface area (Å²) in [5.74, 6) is -0.806. The number of halogens is 2. The zero-order valence-electron chi connectivity index (χ0n) is 28.6. The molecule has 7 bridgehead atoms. The molecule has 0 radical (unpaired) electrons. The van der Waals surface area contributed by atoms with E-state index in [9.17, 15) is 9.90 Å². The first-order chi connectivity index (χ1) is 24.6. The number of amides is 1. The number of piperazine rings is 1. The van der Waals surface area contributed by atoms with E-state index in [2.05, 4.69) is 26.7 Å². The third-order valence-electron chi connectivity index (χ3n) is 11.8. The van der Waals surface area contributed by atoms with E-state index in [-0.39, 0.29) is 63.2 Å². The van der Waals surface area contributed by atoms with Crippen LogP contribution in [0.25, 0.3) is 39.0 Å². The molecule has 0 unspecified atom stereocenters. The SMILES string of the molecule is C=Cc1c(F)ccc2cc(O)cc(-c3ncc4c5nc(nc4c3F)OC[C@]34CCCN3C[C@@H](C4)OCCC(=O)N(C)C[C@@]34CC[C@@H](CN5C3)N4)c12. The highest BCUT2D eigenvalue weighted by Crippen LogP contribution is 2.43. The van der Waals surface area contributed by atoms with Gasteiger partial charge in [-0.3, -0.25) is 14.7 Å². The molecule has 13 heteroatoms. The van der Waals surface area contributed by atoms with Crippen molar-refractivity contribution in [3.8, 4) is 23.0 Å². The minimum atomic E-state index is -0.730. The number of nitrogens with zero attached hydrogens (tertiary/aromatic N) is 6. The molecule has 1 amide bonds. The van der Waals surface area contributed by atoms with E-state index in [1.165, 1.54) is 30.3 Å². The van der Waals surface area contributed by atoms with Gasteiger partial charge in [0.05, 0.1) is 35.6 Å². The molecule has 5 aliphatic heterocycles. The summed E-state index contributed by atoms with van der Waals surface area (Å²) in [7, 11) is 1.85.